The zero-order valence-corrected chi connectivity index (χ0v) is 9.35. The second-order valence-corrected chi connectivity index (χ2v) is 3.57. The average molecular weight is 249 g/mol. The third-order valence-corrected chi connectivity index (χ3v) is 2.48. The van der Waals surface area contributed by atoms with E-state index in [1.165, 1.54) is 13.2 Å². The molecule has 0 aromatic heterocycles. The van der Waals surface area contributed by atoms with Crippen LogP contribution in [0.15, 0.2) is 12.1 Å². The molecule has 0 aliphatic rings. The predicted molar refractivity (Wildman–Crippen MR) is 58.0 cm³/mol. The summed E-state index contributed by atoms with van der Waals surface area (Å²) in [6.45, 7) is 0. The first kappa shape index (κ1) is 12.9. The van der Waals surface area contributed by atoms with Crippen LogP contribution in [0.1, 0.15) is 11.7 Å². The summed E-state index contributed by atoms with van der Waals surface area (Å²) in [5.74, 6) is -0.990. The zero-order chi connectivity index (χ0) is 12.3. The van der Waals surface area contributed by atoms with Crippen LogP contribution in [-0.4, -0.2) is 39.5 Å². The fraction of sp³-hybridized carbons (Fsp3) is 0.400. The van der Waals surface area contributed by atoms with Gasteiger partial charge in [-0.15, -0.1) is 11.6 Å². The molecule has 0 fully saturated rings. The topological polar surface area (TPSA) is 90.2 Å². The van der Waals surface area contributed by atoms with E-state index >= 15 is 0 Å². The molecule has 0 radical (unpaired) electrons. The highest BCUT2D eigenvalue weighted by Crippen LogP contribution is 2.38. The van der Waals surface area contributed by atoms with Gasteiger partial charge in [0.05, 0.1) is 19.1 Å². The number of aliphatic hydroxyl groups is 2. The van der Waals surface area contributed by atoms with Crippen LogP contribution in [0.5, 0.6) is 17.2 Å². The van der Waals surface area contributed by atoms with Crippen LogP contribution in [0.25, 0.3) is 0 Å². The number of hydrogen-bond acceptors (Lipinski definition) is 5. The Morgan fingerprint density at radius 1 is 1.31 bits per heavy atom. The van der Waals surface area contributed by atoms with Crippen molar-refractivity contribution in [2.24, 2.45) is 0 Å². The molecule has 16 heavy (non-hydrogen) atoms. The summed E-state index contributed by atoms with van der Waals surface area (Å²) < 4.78 is 4.79. The summed E-state index contributed by atoms with van der Waals surface area (Å²) in [6, 6.07) is 2.45. The van der Waals surface area contributed by atoms with Gasteiger partial charge in [-0.1, -0.05) is 0 Å². The molecule has 1 aromatic rings. The molecular weight excluding hydrogens is 236 g/mol. The van der Waals surface area contributed by atoms with Gasteiger partial charge in [-0.2, -0.15) is 0 Å². The lowest BCUT2D eigenvalue weighted by Crippen LogP contribution is -2.19. The molecule has 1 aromatic carbocycles. The van der Waals surface area contributed by atoms with Crippen molar-refractivity contribution in [1.82, 2.24) is 0 Å². The lowest BCUT2D eigenvalue weighted by molar-refractivity contribution is 0.0324. The molecule has 1 rings (SSSR count). The number of hydrogen-bond donors (Lipinski definition) is 4. The summed E-state index contributed by atoms with van der Waals surface area (Å²) in [5, 5.41) is 37.7. The third-order valence-electron chi connectivity index (χ3n) is 2.16. The molecule has 0 aliphatic carbocycles. The van der Waals surface area contributed by atoms with Crippen LogP contribution in [0.4, 0.5) is 0 Å². The number of phenolic OH excluding ortho intramolecular Hbond substituents is 2. The second kappa shape index (κ2) is 5.25. The van der Waals surface area contributed by atoms with E-state index in [2.05, 4.69) is 0 Å². The van der Waals surface area contributed by atoms with Crippen LogP contribution < -0.4 is 4.74 Å². The number of benzene rings is 1. The summed E-state index contributed by atoms with van der Waals surface area (Å²) in [4.78, 5) is 0. The van der Waals surface area contributed by atoms with E-state index in [9.17, 15) is 20.4 Å². The molecule has 0 saturated carbocycles. The Labute approximate surface area is 97.5 Å². The van der Waals surface area contributed by atoms with Crippen LogP contribution in [0.3, 0.4) is 0 Å². The van der Waals surface area contributed by atoms with E-state index in [0.717, 1.165) is 6.07 Å². The smallest absolute Gasteiger partial charge is 0.200 e. The minimum atomic E-state index is -1.25. The van der Waals surface area contributed by atoms with Crippen LogP contribution in [0, 0.1) is 0 Å². The van der Waals surface area contributed by atoms with E-state index in [0.29, 0.717) is 0 Å². The largest absolute Gasteiger partial charge is 0.504 e. The van der Waals surface area contributed by atoms with E-state index in [1.807, 2.05) is 0 Å². The number of ether oxygens (including phenoxy) is 1. The summed E-state index contributed by atoms with van der Waals surface area (Å²) >= 11 is 5.39. The Bertz CT molecular complexity index is 368. The molecule has 5 nitrogen and oxygen atoms in total. The van der Waals surface area contributed by atoms with Crippen LogP contribution >= 0.6 is 11.6 Å². The zero-order valence-electron chi connectivity index (χ0n) is 8.59. The highest BCUT2D eigenvalue weighted by Gasteiger charge is 2.20. The molecule has 0 heterocycles. The number of rotatable bonds is 4. The lowest BCUT2D eigenvalue weighted by Gasteiger charge is -2.17. The molecule has 2 atom stereocenters. The van der Waals surface area contributed by atoms with Gasteiger partial charge in [0.15, 0.2) is 11.5 Å². The first-order valence-electron chi connectivity index (χ1n) is 4.53. The number of alkyl halides is 1. The maximum absolute atomic E-state index is 9.64. The number of aliphatic hydroxyl groups excluding tert-OH is 2. The Balaban J connectivity index is 3.10. The van der Waals surface area contributed by atoms with E-state index in [-0.39, 0.29) is 17.2 Å². The van der Waals surface area contributed by atoms with Gasteiger partial charge in [-0.05, 0) is 17.7 Å². The monoisotopic (exact) mass is 248 g/mol. The van der Waals surface area contributed by atoms with Crippen molar-refractivity contribution < 1.29 is 25.2 Å². The lowest BCUT2D eigenvalue weighted by atomic mass is 10.0. The molecule has 2 unspecified atom stereocenters. The van der Waals surface area contributed by atoms with Crippen molar-refractivity contribution in [3.05, 3.63) is 17.7 Å². The first-order valence-corrected chi connectivity index (χ1v) is 5.06. The normalized spacial score (nSPS) is 14.5. The fourth-order valence-corrected chi connectivity index (χ4v) is 1.42. The summed E-state index contributed by atoms with van der Waals surface area (Å²) in [5.41, 5.74) is 0.209. The average Bonchev–Trinajstić information content (AvgIpc) is 2.30. The van der Waals surface area contributed by atoms with Gasteiger partial charge in [0, 0.05) is 0 Å². The van der Waals surface area contributed by atoms with Crippen molar-refractivity contribution in [1.29, 1.82) is 0 Å². The molecule has 4 N–H and O–H groups in total. The third kappa shape index (κ3) is 2.49. The molecule has 0 amide bonds. The van der Waals surface area contributed by atoms with E-state index in [1.54, 1.807) is 0 Å². The van der Waals surface area contributed by atoms with Crippen molar-refractivity contribution in [3.63, 3.8) is 0 Å². The SMILES string of the molecule is COc1cc(C(O)C(O)CCl)cc(O)c1O. The van der Waals surface area contributed by atoms with E-state index in [4.69, 9.17) is 16.3 Å². The number of phenols is 2. The summed E-state index contributed by atoms with van der Waals surface area (Å²) in [7, 11) is 1.31. The molecule has 0 aliphatic heterocycles. The highest BCUT2D eigenvalue weighted by atomic mass is 35.5. The molecule has 6 heteroatoms. The Morgan fingerprint density at radius 3 is 2.44 bits per heavy atom. The minimum absolute atomic E-state index is 0.0100. The minimum Gasteiger partial charge on any atom is -0.504 e. The first-order chi connectivity index (χ1) is 7.51. The standard InChI is InChI=1S/C10H13ClO5/c1-16-8-3-5(2-6(12)10(8)15)9(14)7(13)4-11/h2-3,7,9,12-15H,4H2,1H3. The number of methoxy groups -OCH3 is 1. The van der Waals surface area contributed by atoms with E-state index < -0.39 is 23.7 Å². The maximum Gasteiger partial charge on any atom is 0.200 e. The van der Waals surface area contributed by atoms with Crippen molar-refractivity contribution >= 4 is 11.6 Å². The van der Waals surface area contributed by atoms with Crippen molar-refractivity contribution in [2.75, 3.05) is 13.0 Å². The maximum atomic E-state index is 9.64. The Kier molecular flexibility index (Phi) is 4.23. The van der Waals surface area contributed by atoms with Gasteiger partial charge in [0.1, 0.15) is 6.10 Å². The van der Waals surface area contributed by atoms with Gasteiger partial charge in [0.25, 0.3) is 0 Å². The van der Waals surface area contributed by atoms with Gasteiger partial charge < -0.3 is 25.2 Å². The van der Waals surface area contributed by atoms with Gasteiger partial charge in [0.2, 0.25) is 5.75 Å². The molecule has 0 spiro atoms. The molecule has 0 bridgehead atoms. The van der Waals surface area contributed by atoms with Gasteiger partial charge in [-0.3, -0.25) is 0 Å². The number of halogens is 1. The molecule has 90 valence electrons. The number of aromatic hydroxyl groups is 2. The Morgan fingerprint density at radius 2 is 1.94 bits per heavy atom. The molecular formula is C10H13ClO5. The Hall–Kier alpha value is -1.17. The summed E-state index contributed by atoms with van der Waals surface area (Å²) in [6.07, 6.45) is -2.41. The van der Waals surface area contributed by atoms with Crippen LogP contribution in [0.2, 0.25) is 0 Å². The highest BCUT2D eigenvalue weighted by molar-refractivity contribution is 6.18. The van der Waals surface area contributed by atoms with Crippen LogP contribution in [-0.2, 0) is 0 Å². The van der Waals surface area contributed by atoms with Crippen molar-refractivity contribution in [2.45, 2.75) is 12.2 Å². The van der Waals surface area contributed by atoms with Gasteiger partial charge in [-0.25, -0.2) is 0 Å². The van der Waals surface area contributed by atoms with Gasteiger partial charge >= 0.3 is 0 Å². The quantitative estimate of drug-likeness (QED) is 0.466. The van der Waals surface area contributed by atoms with Crippen molar-refractivity contribution in [3.8, 4) is 17.2 Å². The molecule has 0 saturated heterocycles. The predicted octanol–water partition coefficient (Wildman–Crippen LogP) is 0.739. The second-order valence-electron chi connectivity index (χ2n) is 3.26. The fourth-order valence-electron chi connectivity index (χ4n) is 1.25.